The van der Waals surface area contributed by atoms with E-state index in [9.17, 15) is 0 Å². The Morgan fingerprint density at radius 1 is 0.900 bits per heavy atom. The van der Waals surface area contributed by atoms with E-state index in [1.165, 1.54) is 11.1 Å². The standard InChI is InChI=1S/C8H8P2/c9-5-7-3-1-2-4-8(7)6-10/h1-6,9-10H. The van der Waals surface area contributed by atoms with Crippen molar-refractivity contribution in [3.8, 4) is 0 Å². The van der Waals surface area contributed by atoms with Crippen molar-refractivity contribution in [2.75, 3.05) is 0 Å². The molecular formula is C8H8P2. The highest BCUT2D eigenvalue weighted by atomic mass is 31.0. The first-order valence-electron chi connectivity index (χ1n) is 2.98. The molecule has 10 heavy (non-hydrogen) atoms. The summed E-state index contributed by atoms with van der Waals surface area (Å²) in [6, 6.07) is 8.09. The van der Waals surface area contributed by atoms with E-state index in [1.807, 2.05) is 35.9 Å². The predicted octanol–water partition coefficient (Wildman–Crippen LogP) is 2.27. The van der Waals surface area contributed by atoms with Crippen LogP contribution in [0.3, 0.4) is 0 Å². The Morgan fingerprint density at radius 2 is 1.30 bits per heavy atom. The van der Waals surface area contributed by atoms with Gasteiger partial charge in [-0.3, -0.25) is 0 Å². The van der Waals surface area contributed by atoms with Gasteiger partial charge < -0.3 is 0 Å². The van der Waals surface area contributed by atoms with Crippen LogP contribution in [0.4, 0.5) is 0 Å². The molecule has 1 aromatic carbocycles. The van der Waals surface area contributed by atoms with E-state index >= 15 is 0 Å². The van der Waals surface area contributed by atoms with Gasteiger partial charge in [0.05, 0.1) is 0 Å². The van der Waals surface area contributed by atoms with Gasteiger partial charge in [0.2, 0.25) is 0 Å². The lowest BCUT2D eigenvalue weighted by atomic mass is 10.1. The molecule has 0 bridgehead atoms. The van der Waals surface area contributed by atoms with Crippen molar-refractivity contribution in [2.45, 2.75) is 0 Å². The van der Waals surface area contributed by atoms with Crippen molar-refractivity contribution in [1.82, 2.24) is 0 Å². The predicted molar refractivity (Wildman–Crippen MR) is 53.4 cm³/mol. The maximum absolute atomic E-state index is 3.33. The molecule has 0 aromatic heterocycles. The van der Waals surface area contributed by atoms with Crippen LogP contribution < -0.4 is 0 Å². The molecule has 0 saturated heterocycles. The third kappa shape index (κ3) is 1.53. The molecule has 0 unspecified atom stereocenters. The Bertz CT molecular complexity index is 226. The van der Waals surface area contributed by atoms with Crippen LogP contribution in [0.25, 0.3) is 0 Å². The molecule has 0 atom stereocenters. The van der Waals surface area contributed by atoms with E-state index < -0.39 is 0 Å². The molecule has 0 aliphatic carbocycles. The molecular weight excluding hydrogens is 158 g/mol. The third-order valence-electron chi connectivity index (χ3n) is 1.31. The van der Waals surface area contributed by atoms with E-state index in [2.05, 4.69) is 17.7 Å². The summed E-state index contributed by atoms with van der Waals surface area (Å²) in [7, 11) is 6.66. The first kappa shape index (κ1) is 7.66. The van der Waals surface area contributed by atoms with Crippen molar-refractivity contribution in [1.29, 1.82) is 0 Å². The minimum Gasteiger partial charge on any atom is -0.122 e. The zero-order chi connectivity index (χ0) is 7.40. The molecule has 0 heterocycles. The number of hydrogen-bond acceptors (Lipinski definition) is 0. The van der Waals surface area contributed by atoms with Crippen LogP contribution in [-0.2, 0) is 0 Å². The van der Waals surface area contributed by atoms with Crippen molar-refractivity contribution in [3.05, 3.63) is 35.4 Å². The largest absolute Gasteiger partial charge is 0.122 e. The summed E-state index contributed by atoms with van der Waals surface area (Å²) >= 11 is 0. The first-order valence-corrected chi connectivity index (χ1v) is 4.14. The highest BCUT2D eigenvalue weighted by Gasteiger charge is 1.90. The van der Waals surface area contributed by atoms with E-state index in [0.717, 1.165) is 0 Å². The third-order valence-corrected chi connectivity index (χ3v) is 1.93. The summed E-state index contributed by atoms with van der Waals surface area (Å²) < 4.78 is 0. The Balaban J connectivity index is 3.20. The fraction of sp³-hybridized carbons (Fsp3) is 0. The van der Waals surface area contributed by atoms with Crippen LogP contribution in [0.15, 0.2) is 24.3 Å². The van der Waals surface area contributed by atoms with Gasteiger partial charge in [-0.1, -0.05) is 24.3 Å². The second kappa shape index (κ2) is 3.66. The average molecular weight is 166 g/mol. The van der Waals surface area contributed by atoms with E-state index in [4.69, 9.17) is 0 Å². The minimum atomic E-state index is 1.18. The van der Waals surface area contributed by atoms with Crippen molar-refractivity contribution in [3.63, 3.8) is 0 Å². The lowest BCUT2D eigenvalue weighted by molar-refractivity contribution is 1.66. The molecule has 0 aliphatic heterocycles. The van der Waals surface area contributed by atoms with Gasteiger partial charge in [0.1, 0.15) is 0 Å². The molecule has 0 fully saturated rings. The maximum atomic E-state index is 3.33. The quantitative estimate of drug-likeness (QED) is 0.591. The second-order valence-electron chi connectivity index (χ2n) is 1.92. The Hall–Kier alpha value is -0.440. The van der Waals surface area contributed by atoms with E-state index in [0.29, 0.717) is 0 Å². The zero-order valence-corrected chi connectivity index (χ0v) is 7.46. The highest BCUT2D eigenvalue weighted by molar-refractivity contribution is 7.20. The summed E-state index contributed by atoms with van der Waals surface area (Å²) in [6.07, 6.45) is 0. The maximum Gasteiger partial charge on any atom is -0.0141 e. The lowest BCUT2D eigenvalue weighted by Crippen LogP contribution is -1.85. The monoisotopic (exact) mass is 166 g/mol. The van der Waals surface area contributed by atoms with E-state index in [-0.39, 0.29) is 0 Å². The lowest BCUT2D eigenvalue weighted by Gasteiger charge is -1.95. The molecule has 2 heteroatoms. The molecule has 0 saturated carbocycles. The average Bonchev–Trinajstić information content (AvgIpc) is 2.04. The molecule has 0 N–H and O–H groups in total. The second-order valence-corrected chi connectivity index (χ2v) is 2.49. The van der Waals surface area contributed by atoms with Crippen LogP contribution in [-0.4, -0.2) is 11.6 Å². The Kier molecular flexibility index (Phi) is 2.81. The molecule has 0 nitrogen and oxygen atoms in total. The van der Waals surface area contributed by atoms with Crippen LogP contribution in [0.1, 0.15) is 11.1 Å². The first-order chi connectivity index (χ1) is 4.88. The van der Waals surface area contributed by atoms with Gasteiger partial charge in [-0.25, -0.2) is 0 Å². The highest BCUT2D eigenvalue weighted by Crippen LogP contribution is 2.03. The van der Waals surface area contributed by atoms with Gasteiger partial charge in [-0.05, 0) is 22.7 Å². The molecule has 1 aromatic rings. The van der Waals surface area contributed by atoms with Crippen LogP contribution in [0.2, 0.25) is 0 Å². The molecule has 0 spiro atoms. The molecule has 0 amide bonds. The van der Waals surface area contributed by atoms with Gasteiger partial charge in [0.25, 0.3) is 0 Å². The summed E-state index contributed by atoms with van der Waals surface area (Å²) in [4.78, 5) is 0. The number of rotatable bonds is 2. The van der Waals surface area contributed by atoms with E-state index in [1.54, 1.807) is 0 Å². The summed E-state index contributed by atoms with van der Waals surface area (Å²) in [5, 5.41) is 0. The van der Waals surface area contributed by atoms with Gasteiger partial charge in [0, 0.05) is 0 Å². The van der Waals surface area contributed by atoms with Crippen molar-refractivity contribution >= 4 is 29.3 Å². The van der Waals surface area contributed by atoms with Crippen LogP contribution in [0.5, 0.6) is 0 Å². The summed E-state index contributed by atoms with van der Waals surface area (Å²) in [5.41, 5.74) is 2.35. The fourth-order valence-electron chi connectivity index (χ4n) is 0.774. The smallest absolute Gasteiger partial charge is 0.0141 e. The topological polar surface area (TPSA) is 0 Å². The van der Waals surface area contributed by atoms with Gasteiger partial charge in [0.15, 0.2) is 0 Å². The Labute approximate surface area is 65.3 Å². The van der Waals surface area contributed by atoms with Gasteiger partial charge >= 0.3 is 0 Å². The molecule has 50 valence electrons. The van der Waals surface area contributed by atoms with Gasteiger partial charge in [-0.2, -0.15) is 0 Å². The van der Waals surface area contributed by atoms with Crippen LogP contribution in [0, 0.1) is 0 Å². The molecule has 0 aliphatic rings. The minimum absolute atomic E-state index is 1.18. The fourth-order valence-corrected chi connectivity index (χ4v) is 1.30. The normalized spacial score (nSPS) is 8.80. The van der Waals surface area contributed by atoms with Gasteiger partial charge in [-0.15, -0.1) is 17.7 Å². The number of benzene rings is 1. The van der Waals surface area contributed by atoms with Crippen molar-refractivity contribution < 1.29 is 0 Å². The number of hydrogen-bond donors (Lipinski definition) is 0. The summed E-state index contributed by atoms with van der Waals surface area (Å²) in [6.45, 7) is 0. The molecule has 1 rings (SSSR count). The van der Waals surface area contributed by atoms with Crippen molar-refractivity contribution in [2.24, 2.45) is 0 Å². The molecule has 0 radical (unpaired) electrons. The summed E-state index contributed by atoms with van der Waals surface area (Å²) in [5.74, 6) is 3.79. The zero-order valence-electron chi connectivity index (χ0n) is 5.46. The Morgan fingerprint density at radius 3 is 1.60 bits per heavy atom. The van der Waals surface area contributed by atoms with Crippen LogP contribution >= 0.6 is 17.7 Å². The SMILES string of the molecule is P=Cc1ccccc1C=P.